The minimum Gasteiger partial charge on any atom is -0.483 e. The fourth-order valence-corrected chi connectivity index (χ4v) is 7.03. The molecule has 2 amide bonds. The Balaban J connectivity index is 1.40. The van der Waals surface area contributed by atoms with Gasteiger partial charge in [-0.15, -0.1) is 0 Å². The van der Waals surface area contributed by atoms with Gasteiger partial charge in [0.25, 0.3) is 0 Å². The minimum absolute atomic E-state index is 0.125. The third kappa shape index (κ3) is 5.47. The number of fused-ring (bicyclic) bond motifs is 5. The highest BCUT2D eigenvalue weighted by atomic mass is 16.5. The fourth-order valence-electron chi connectivity index (χ4n) is 7.03. The number of benzene rings is 2. The number of aromatic nitrogens is 3. The molecule has 0 aliphatic carbocycles. The first-order valence-corrected chi connectivity index (χ1v) is 15.8. The highest BCUT2D eigenvalue weighted by Gasteiger charge is 2.44. The number of nitrogens with two attached hydrogens (primary N) is 1. The van der Waals surface area contributed by atoms with Gasteiger partial charge in [-0.2, -0.15) is 0 Å². The number of piperazine rings is 1. The number of Topliss-reactive ketones (excluding diaryl/α,β-unsaturated/α-hetero) is 1. The molecule has 3 atom stereocenters. The van der Waals surface area contributed by atoms with E-state index in [2.05, 4.69) is 0 Å². The summed E-state index contributed by atoms with van der Waals surface area (Å²) in [5.41, 5.74) is 7.20. The normalized spacial score (nSPS) is 20.4. The predicted octanol–water partition coefficient (Wildman–Crippen LogP) is 2.94. The Hall–Kier alpha value is -4.91. The largest absolute Gasteiger partial charge is 0.483 e. The number of hydrogen-bond acceptors (Lipinski definition) is 7. The molecule has 2 unspecified atom stereocenters. The van der Waals surface area contributed by atoms with Crippen molar-refractivity contribution in [1.29, 1.82) is 0 Å². The van der Waals surface area contributed by atoms with Crippen molar-refractivity contribution in [2.45, 2.75) is 71.3 Å². The number of amides is 2. The molecule has 13 nitrogen and oxygen atoms in total. The Morgan fingerprint density at radius 1 is 1.04 bits per heavy atom. The Morgan fingerprint density at radius 3 is 2.38 bits per heavy atom. The zero-order chi connectivity index (χ0) is 33.9. The first-order valence-electron chi connectivity index (χ1n) is 15.8. The zero-order valence-corrected chi connectivity index (χ0v) is 27.2. The van der Waals surface area contributed by atoms with Crippen molar-refractivity contribution in [3.8, 4) is 11.4 Å². The maximum absolute atomic E-state index is 14.0. The lowest BCUT2D eigenvalue weighted by Gasteiger charge is -2.44. The molecule has 6 rings (SSSR count). The summed E-state index contributed by atoms with van der Waals surface area (Å²) in [5.74, 6) is 0.350. The number of carbonyl (C=O) groups is 3. The van der Waals surface area contributed by atoms with Crippen LogP contribution in [0.15, 0.2) is 63.7 Å². The summed E-state index contributed by atoms with van der Waals surface area (Å²) in [5, 5.41) is 10.1. The molecule has 4 heterocycles. The van der Waals surface area contributed by atoms with Gasteiger partial charge in [0.1, 0.15) is 17.4 Å². The summed E-state index contributed by atoms with van der Waals surface area (Å²) in [7, 11) is 0. The van der Waals surface area contributed by atoms with E-state index in [-0.39, 0.29) is 43.8 Å². The van der Waals surface area contributed by atoms with Crippen molar-refractivity contribution in [2.75, 3.05) is 19.6 Å². The molecule has 1 fully saturated rings. The Kier molecular flexibility index (Phi) is 7.99. The smallest absolute Gasteiger partial charge is 0.407 e. The van der Waals surface area contributed by atoms with E-state index in [9.17, 15) is 29.1 Å². The Morgan fingerprint density at radius 2 is 1.74 bits per heavy atom. The average molecular weight is 645 g/mol. The van der Waals surface area contributed by atoms with Crippen molar-refractivity contribution in [1.82, 2.24) is 23.7 Å². The van der Waals surface area contributed by atoms with Gasteiger partial charge >= 0.3 is 17.5 Å². The van der Waals surface area contributed by atoms with Crippen LogP contribution in [0.2, 0.25) is 0 Å². The SMILES string of the molecule is CC(=O)c1ccc(-n2c(=O)n3n(c2=O)C2C(=CC3)C(C)(C)Oc3cc(C4CN(C(=O)[C@@H](N)CC(C)C)CCN4C(=O)O)ccc32)cc1. The maximum Gasteiger partial charge on any atom is 0.407 e. The van der Waals surface area contributed by atoms with Crippen LogP contribution in [-0.2, 0) is 11.3 Å². The van der Waals surface area contributed by atoms with Crippen molar-refractivity contribution < 1.29 is 24.2 Å². The molecule has 1 aromatic heterocycles. The fraction of sp³-hybridized carbons (Fsp3) is 0.441. The maximum atomic E-state index is 14.0. The molecular formula is C34H40N6O7. The number of ketones is 1. The monoisotopic (exact) mass is 644 g/mol. The molecule has 3 aliphatic heterocycles. The standard InChI is InChI=1S/C34H40N6O7/c1-19(2)16-26(35)30(42)36-14-15-37(33(45)46)27(18-36)22-8-11-24-28(17-22)47-34(4,5)25-12-13-38-31(43)39(32(44)40(38)29(24)25)23-9-6-21(7-10-23)20(3)41/h6-12,17,19,26-27,29H,13-16,18,35H2,1-5H3,(H,45,46)/t26-,27?,29?/m0/s1. The molecule has 3 N–H and O–H groups in total. The van der Waals surface area contributed by atoms with E-state index in [0.717, 1.165) is 10.1 Å². The number of allylic oxidation sites excluding steroid dienone is 1. The van der Waals surface area contributed by atoms with E-state index in [0.29, 0.717) is 34.5 Å². The third-order valence-corrected chi connectivity index (χ3v) is 9.37. The number of carbonyl (C=O) groups excluding carboxylic acids is 2. The quantitative estimate of drug-likeness (QED) is 0.306. The van der Waals surface area contributed by atoms with E-state index in [1.165, 1.54) is 21.2 Å². The lowest BCUT2D eigenvalue weighted by Crippen LogP contribution is -2.55. The lowest BCUT2D eigenvalue weighted by atomic mass is 9.82. The molecule has 0 spiro atoms. The molecular weight excluding hydrogens is 604 g/mol. The molecule has 0 radical (unpaired) electrons. The van der Waals surface area contributed by atoms with Gasteiger partial charge in [0.15, 0.2) is 5.78 Å². The number of carboxylic acid groups (broad SMARTS) is 1. The van der Waals surface area contributed by atoms with Gasteiger partial charge in [0.05, 0.1) is 24.3 Å². The molecule has 1 saturated heterocycles. The van der Waals surface area contributed by atoms with E-state index < -0.39 is 41.2 Å². The predicted molar refractivity (Wildman–Crippen MR) is 173 cm³/mol. The van der Waals surface area contributed by atoms with Gasteiger partial charge in [0.2, 0.25) is 5.91 Å². The van der Waals surface area contributed by atoms with Crippen molar-refractivity contribution in [3.63, 3.8) is 0 Å². The van der Waals surface area contributed by atoms with E-state index >= 15 is 0 Å². The van der Waals surface area contributed by atoms with Gasteiger partial charge in [-0.25, -0.2) is 28.3 Å². The van der Waals surface area contributed by atoms with Gasteiger partial charge in [-0.1, -0.05) is 32.1 Å². The van der Waals surface area contributed by atoms with E-state index in [4.69, 9.17) is 10.5 Å². The molecule has 13 heteroatoms. The second-order valence-electron chi connectivity index (χ2n) is 13.4. The minimum atomic E-state index is -1.10. The van der Waals surface area contributed by atoms with Crippen LogP contribution in [0.25, 0.3) is 5.69 Å². The third-order valence-electron chi connectivity index (χ3n) is 9.37. The number of ether oxygens (including phenoxy) is 1. The summed E-state index contributed by atoms with van der Waals surface area (Å²) >= 11 is 0. The Labute approximate surface area is 271 Å². The van der Waals surface area contributed by atoms with Crippen molar-refractivity contribution >= 4 is 17.8 Å². The second-order valence-corrected chi connectivity index (χ2v) is 13.4. The van der Waals surface area contributed by atoms with Crippen LogP contribution in [0.3, 0.4) is 0 Å². The molecule has 3 aromatic rings. The van der Waals surface area contributed by atoms with Crippen LogP contribution in [0.1, 0.15) is 74.6 Å². The van der Waals surface area contributed by atoms with Crippen LogP contribution < -0.4 is 21.9 Å². The number of hydrogen-bond donors (Lipinski definition) is 2. The zero-order valence-electron chi connectivity index (χ0n) is 27.2. The molecule has 47 heavy (non-hydrogen) atoms. The van der Waals surface area contributed by atoms with Crippen LogP contribution in [-0.4, -0.2) is 77.9 Å². The number of nitrogens with zero attached hydrogens (tertiary/aromatic N) is 5. The molecule has 0 saturated carbocycles. The van der Waals surface area contributed by atoms with Gasteiger partial charge in [-0.05, 0) is 74.6 Å². The summed E-state index contributed by atoms with van der Waals surface area (Å²) in [6.07, 6.45) is 1.33. The Bertz CT molecular complexity index is 1920. The van der Waals surface area contributed by atoms with Gasteiger partial charge < -0.3 is 20.5 Å². The first-order chi connectivity index (χ1) is 22.2. The van der Waals surface area contributed by atoms with Crippen LogP contribution in [0.5, 0.6) is 5.75 Å². The van der Waals surface area contributed by atoms with Gasteiger partial charge in [0, 0.05) is 30.8 Å². The average Bonchev–Trinajstić information content (AvgIpc) is 3.28. The molecule has 248 valence electrons. The van der Waals surface area contributed by atoms with E-state index in [1.807, 2.05) is 33.8 Å². The molecule has 3 aliphatic rings. The van der Waals surface area contributed by atoms with Gasteiger partial charge in [-0.3, -0.25) is 14.5 Å². The second kappa shape index (κ2) is 11.7. The van der Waals surface area contributed by atoms with E-state index in [1.54, 1.807) is 47.4 Å². The number of rotatable bonds is 6. The topological polar surface area (TPSA) is 162 Å². The summed E-state index contributed by atoms with van der Waals surface area (Å²) in [6, 6.07) is 9.69. The molecule has 0 bridgehead atoms. The summed E-state index contributed by atoms with van der Waals surface area (Å²) in [4.78, 5) is 67.9. The first kappa shape index (κ1) is 32.0. The van der Waals surface area contributed by atoms with Crippen LogP contribution >= 0.6 is 0 Å². The molecule has 2 aromatic carbocycles. The van der Waals surface area contributed by atoms with Crippen molar-refractivity contribution in [3.05, 3.63) is 91.8 Å². The van der Waals surface area contributed by atoms with Crippen molar-refractivity contribution in [2.24, 2.45) is 11.7 Å². The van der Waals surface area contributed by atoms with Crippen LogP contribution in [0.4, 0.5) is 4.79 Å². The summed E-state index contributed by atoms with van der Waals surface area (Å²) < 4.78 is 10.4. The lowest BCUT2D eigenvalue weighted by molar-refractivity contribution is -0.135. The highest BCUT2D eigenvalue weighted by Crippen LogP contribution is 2.47. The summed E-state index contributed by atoms with van der Waals surface area (Å²) in [6.45, 7) is 9.88. The highest BCUT2D eigenvalue weighted by molar-refractivity contribution is 5.94. The van der Waals surface area contributed by atoms with Crippen LogP contribution in [0, 0.1) is 5.92 Å².